The summed E-state index contributed by atoms with van der Waals surface area (Å²) in [7, 11) is 0. The number of aromatic amines is 1. The van der Waals surface area contributed by atoms with Gasteiger partial charge in [-0.2, -0.15) is 0 Å². The van der Waals surface area contributed by atoms with Crippen LogP contribution in [-0.2, 0) is 11.2 Å². The van der Waals surface area contributed by atoms with Crippen LogP contribution in [0.1, 0.15) is 12.2 Å². The normalized spacial score (nSPS) is 22.5. The van der Waals surface area contributed by atoms with Gasteiger partial charge in [-0.25, -0.2) is 14.6 Å². The van der Waals surface area contributed by atoms with Gasteiger partial charge >= 0.3 is 12.0 Å². The van der Waals surface area contributed by atoms with E-state index in [4.69, 9.17) is 5.11 Å². The summed E-state index contributed by atoms with van der Waals surface area (Å²) in [4.78, 5) is 30.9. The summed E-state index contributed by atoms with van der Waals surface area (Å²) in [5.74, 6) is -0.353. The Kier molecular flexibility index (Phi) is 4.00. The van der Waals surface area contributed by atoms with Gasteiger partial charge in [-0.05, 0) is 0 Å². The number of carboxylic acids is 1. The number of amides is 2. The van der Waals surface area contributed by atoms with Crippen molar-refractivity contribution in [2.75, 3.05) is 13.1 Å². The average molecular weight is 268 g/mol. The molecule has 1 aromatic rings. The maximum atomic E-state index is 11.8. The van der Waals surface area contributed by atoms with Gasteiger partial charge < -0.3 is 25.4 Å². The van der Waals surface area contributed by atoms with E-state index in [-0.39, 0.29) is 13.0 Å². The molecule has 2 heterocycles. The molecule has 0 bridgehead atoms. The number of hydrogen-bond donors (Lipinski definition) is 4. The Bertz CT molecular complexity index is 448. The predicted octanol–water partition coefficient (Wildman–Crippen LogP) is -0.818. The molecule has 0 aromatic carbocycles. The fraction of sp³-hybridized carbons (Fsp3) is 0.545. The van der Waals surface area contributed by atoms with Gasteiger partial charge in [-0.1, -0.05) is 0 Å². The average Bonchev–Trinajstić information content (AvgIpc) is 2.98. The summed E-state index contributed by atoms with van der Waals surface area (Å²) >= 11 is 0. The number of carbonyl (C=O) groups is 2. The number of carbonyl (C=O) groups excluding carboxylic acids is 1. The number of aliphatic carboxylic acids is 1. The first-order valence-electron chi connectivity index (χ1n) is 6.01. The van der Waals surface area contributed by atoms with E-state index in [0.717, 1.165) is 10.7 Å². The van der Waals surface area contributed by atoms with Gasteiger partial charge in [0.15, 0.2) is 0 Å². The number of urea groups is 1. The van der Waals surface area contributed by atoms with Crippen molar-refractivity contribution in [2.45, 2.75) is 25.0 Å². The van der Waals surface area contributed by atoms with Crippen LogP contribution in [-0.4, -0.2) is 62.3 Å². The van der Waals surface area contributed by atoms with Crippen molar-refractivity contribution in [2.24, 2.45) is 0 Å². The number of aliphatic hydroxyl groups is 1. The van der Waals surface area contributed by atoms with E-state index in [1.807, 2.05) is 0 Å². The van der Waals surface area contributed by atoms with E-state index >= 15 is 0 Å². The zero-order valence-electron chi connectivity index (χ0n) is 10.2. The number of aliphatic hydroxyl groups excluding tert-OH is 1. The molecular weight excluding hydrogens is 252 g/mol. The first-order chi connectivity index (χ1) is 9.08. The second kappa shape index (κ2) is 5.70. The SMILES string of the molecule is O=C(O)C1CC(O)CN1C(=O)NCCc1ncc[nH]1. The summed E-state index contributed by atoms with van der Waals surface area (Å²) in [5.41, 5.74) is 0. The van der Waals surface area contributed by atoms with E-state index in [1.165, 1.54) is 0 Å². The molecule has 1 aliphatic heterocycles. The molecule has 1 saturated heterocycles. The van der Waals surface area contributed by atoms with Crippen LogP contribution in [0.4, 0.5) is 4.79 Å². The van der Waals surface area contributed by atoms with Gasteiger partial charge in [0.2, 0.25) is 0 Å². The minimum absolute atomic E-state index is 0.0452. The van der Waals surface area contributed by atoms with Gasteiger partial charge in [-0.3, -0.25) is 0 Å². The molecule has 0 spiro atoms. The van der Waals surface area contributed by atoms with Crippen LogP contribution < -0.4 is 5.32 Å². The topological polar surface area (TPSA) is 119 Å². The molecule has 1 fully saturated rings. The Morgan fingerprint density at radius 3 is 3.00 bits per heavy atom. The lowest BCUT2D eigenvalue weighted by atomic mass is 10.2. The third-order valence-corrected chi connectivity index (χ3v) is 3.02. The Balaban J connectivity index is 1.83. The van der Waals surface area contributed by atoms with Crippen molar-refractivity contribution in [3.63, 3.8) is 0 Å². The monoisotopic (exact) mass is 268 g/mol. The highest BCUT2D eigenvalue weighted by Gasteiger charge is 2.38. The van der Waals surface area contributed by atoms with Crippen molar-refractivity contribution in [1.29, 1.82) is 0 Å². The van der Waals surface area contributed by atoms with Crippen molar-refractivity contribution in [3.8, 4) is 0 Å². The maximum absolute atomic E-state index is 11.8. The van der Waals surface area contributed by atoms with Crippen LogP contribution in [0.25, 0.3) is 0 Å². The van der Waals surface area contributed by atoms with Crippen LogP contribution in [0.5, 0.6) is 0 Å². The predicted molar refractivity (Wildman–Crippen MR) is 64.4 cm³/mol. The first-order valence-corrected chi connectivity index (χ1v) is 6.01. The molecule has 0 aliphatic carbocycles. The van der Waals surface area contributed by atoms with Crippen molar-refractivity contribution in [1.82, 2.24) is 20.2 Å². The molecule has 2 amide bonds. The van der Waals surface area contributed by atoms with Crippen LogP contribution in [0.15, 0.2) is 12.4 Å². The minimum atomic E-state index is -1.10. The highest BCUT2D eigenvalue weighted by Crippen LogP contribution is 2.17. The number of nitrogens with one attached hydrogen (secondary N) is 2. The molecule has 4 N–H and O–H groups in total. The Morgan fingerprint density at radius 2 is 2.37 bits per heavy atom. The summed E-state index contributed by atoms with van der Waals surface area (Å²) in [5, 5.41) is 21.0. The fourth-order valence-electron chi connectivity index (χ4n) is 2.10. The summed E-state index contributed by atoms with van der Waals surface area (Å²) in [6.07, 6.45) is 3.13. The molecule has 2 atom stereocenters. The molecule has 1 aromatic heterocycles. The fourth-order valence-corrected chi connectivity index (χ4v) is 2.10. The molecule has 2 unspecified atom stereocenters. The van der Waals surface area contributed by atoms with Crippen molar-refractivity contribution in [3.05, 3.63) is 18.2 Å². The van der Waals surface area contributed by atoms with E-state index in [0.29, 0.717) is 13.0 Å². The quantitative estimate of drug-likeness (QED) is 0.569. The highest BCUT2D eigenvalue weighted by atomic mass is 16.4. The maximum Gasteiger partial charge on any atom is 0.326 e. The molecule has 0 saturated carbocycles. The zero-order chi connectivity index (χ0) is 13.8. The third kappa shape index (κ3) is 3.22. The number of nitrogens with zero attached hydrogens (tertiary/aromatic N) is 2. The summed E-state index contributed by atoms with van der Waals surface area (Å²) < 4.78 is 0. The van der Waals surface area contributed by atoms with Gasteiger partial charge in [0.1, 0.15) is 11.9 Å². The number of aromatic nitrogens is 2. The van der Waals surface area contributed by atoms with Crippen LogP contribution in [0.3, 0.4) is 0 Å². The number of rotatable bonds is 4. The van der Waals surface area contributed by atoms with Gasteiger partial charge in [0.05, 0.1) is 6.10 Å². The number of carboxylic acid groups (broad SMARTS) is 1. The number of H-pyrrole nitrogens is 1. The van der Waals surface area contributed by atoms with Crippen molar-refractivity contribution < 1.29 is 19.8 Å². The largest absolute Gasteiger partial charge is 0.480 e. The third-order valence-electron chi connectivity index (χ3n) is 3.02. The Labute approximate surface area is 109 Å². The minimum Gasteiger partial charge on any atom is -0.480 e. The van der Waals surface area contributed by atoms with Crippen molar-refractivity contribution >= 4 is 12.0 Å². The standard InChI is InChI=1S/C11H16N4O4/c16-7-5-8(10(17)18)15(6-7)11(19)14-2-1-9-12-3-4-13-9/h3-4,7-8,16H,1-2,5-6H2,(H,12,13)(H,14,19)(H,17,18). The number of imidazole rings is 1. The van der Waals surface area contributed by atoms with E-state index < -0.39 is 24.1 Å². The second-order valence-corrected chi connectivity index (χ2v) is 4.41. The summed E-state index contributed by atoms with van der Waals surface area (Å²) in [6.45, 7) is 0.398. The molecular formula is C11H16N4O4. The highest BCUT2D eigenvalue weighted by molar-refractivity contribution is 5.83. The molecule has 104 valence electrons. The zero-order valence-corrected chi connectivity index (χ0v) is 10.2. The van der Waals surface area contributed by atoms with Crippen LogP contribution in [0, 0.1) is 0 Å². The molecule has 2 rings (SSSR count). The van der Waals surface area contributed by atoms with E-state index in [9.17, 15) is 14.7 Å². The van der Waals surface area contributed by atoms with Crippen LogP contribution >= 0.6 is 0 Å². The second-order valence-electron chi connectivity index (χ2n) is 4.41. The molecule has 0 radical (unpaired) electrons. The van der Waals surface area contributed by atoms with Gasteiger partial charge in [0, 0.05) is 38.3 Å². The van der Waals surface area contributed by atoms with E-state index in [2.05, 4.69) is 15.3 Å². The molecule has 1 aliphatic rings. The molecule has 19 heavy (non-hydrogen) atoms. The number of likely N-dealkylation sites (tertiary alicyclic amines) is 1. The molecule has 8 nitrogen and oxygen atoms in total. The number of hydrogen-bond acceptors (Lipinski definition) is 4. The van der Waals surface area contributed by atoms with Gasteiger partial charge in [-0.15, -0.1) is 0 Å². The van der Waals surface area contributed by atoms with E-state index in [1.54, 1.807) is 12.4 Å². The number of β-amino-alcohol motifs (C(OH)–C–C–N with tert-alkyl or cyclic N) is 1. The van der Waals surface area contributed by atoms with Gasteiger partial charge in [0.25, 0.3) is 0 Å². The van der Waals surface area contributed by atoms with Crippen LogP contribution in [0.2, 0.25) is 0 Å². The summed E-state index contributed by atoms with van der Waals surface area (Å²) in [6, 6.07) is -1.44. The first kappa shape index (κ1) is 13.3. The lowest BCUT2D eigenvalue weighted by Gasteiger charge is -2.21. The lowest BCUT2D eigenvalue weighted by molar-refractivity contribution is -0.141. The Hall–Kier alpha value is -2.09. The Morgan fingerprint density at radius 1 is 1.58 bits per heavy atom. The molecule has 8 heteroatoms. The lowest BCUT2D eigenvalue weighted by Crippen LogP contribution is -2.46. The smallest absolute Gasteiger partial charge is 0.326 e.